The molecule has 2 rings (SSSR count). The average molecular weight is 242 g/mol. The number of sulfonamides is 1. The third-order valence-electron chi connectivity index (χ3n) is 2.50. The van der Waals surface area contributed by atoms with Gasteiger partial charge >= 0.3 is 0 Å². The van der Waals surface area contributed by atoms with E-state index in [1.165, 1.54) is 18.6 Å². The normalized spacial score (nSPS) is 21.6. The standard InChI is InChI=1S/C9H14N4O2S/c14-16(15,8-2-1-3-10-6-8)13-9-7-11-4-5-12-9/h4-5,7-8,10H,1-3,6H2,(H,12,13). The SMILES string of the molecule is O=S(=O)(Nc1cnccn1)C1CCCNC1. The van der Waals surface area contributed by atoms with Crippen molar-refractivity contribution >= 4 is 15.8 Å². The number of hydrogen-bond acceptors (Lipinski definition) is 5. The van der Waals surface area contributed by atoms with Crippen LogP contribution >= 0.6 is 0 Å². The average Bonchev–Trinajstić information content (AvgIpc) is 2.31. The molecule has 0 amide bonds. The zero-order chi connectivity index (χ0) is 11.4. The molecule has 0 aromatic carbocycles. The van der Waals surface area contributed by atoms with Crippen molar-refractivity contribution < 1.29 is 8.42 Å². The molecule has 1 aromatic rings. The Hall–Kier alpha value is -1.21. The summed E-state index contributed by atoms with van der Waals surface area (Å²) < 4.78 is 26.3. The fourth-order valence-electron chi connectivity index (χ4n) is 1.67. The molecule has 1 saturated heterocycles. The summed E-state index contributed by atoms with van der Waals surface area (Å²) in [6.07, 6.45) is 5.92. The molecule has 88 valence electrons. The lowest BCUT2D eigenvalue weighted by Crippen LogP contribution is -2.41. The van der Waals surface area contributed by atoms with Crippen LogP contribution in [0.15, 0.2) is 18.6 Å². The van der Waals surface area contributed by atoms with E-state index in [1.54, 1.807) is 0 Å². The van der Waals surface area contributed by atoms with Gasteiger partial charge in [-0.15, -0.1) is 0 Å². The van der Waals surface area contributed by atoms with Gasteiger partial charge in [0, 0.05) is 18.9 Å². The monoisotopic (exact) mass is 242 g/mol. The van der Waals surface area contributed by atoms with Crippen LogP contribution in [-0.4, -0.2) is 36.7 Å². The summed E-state index contributed by atoms with van der Waals surface area (Å²) in [5.74, 6) is 0.271. The van der Waals surface area contributed by atoms with Crippen LogP contribution in [0.1, 0.15) is 12.8 Å². The summed E-state index contributed by atoms with van der Waals surface area (Å²) in [6.45, 7) is 1.38. The van der Waals surface area contributed by atoms with Crippen LogP contribution in [-0.2, 0) is 10.0 Å². The Kier molecular flexibility index (Phi) is 3.35. The maximum atomic E-state index is 11.9. The molecule has 0 bridgehead atoms. The molecule has 1 unspecified atom stereocenters. The zero-order valence-electron chi connectivity index (χ0n) is 8.76. The van der Waals surface area contributed by atoms with Gasteiger partial charge in [-0.2, -0.15) is 0 Å². The number of piperidine rings is 1. The van der Waals surface area contributed by atoms with Crippen LogP contribution in [0.4, 0.5) is 5.82 Å². The van der Waals surface area contributed by atoms with E-state index in [-0.39, 0.29) is 11.1 Å². The van der Waals surface area contributed by atoms with Crippen LogP contribution in [0.2, 0.25) is 0 Å². The van der Waals surface area contributed by atoms with E-state index in [4.69, 9.17) is 0 Å². The lowest BCUT2D eigenvalue weighted by atomic mass is 10.2. The second kappa shape index (κ2) is 4.75. The first-order chi connectivity index (χ1) is 7.68. The molecule has 2 heterocycles. The van der Waals surface area contributed by atoms with Gasteiger partial charge in [0.1, 0.15) is 0 Å². The summed E-state index contributed by atoms with van der Waals surface area (Å²) in [5.41, 5.74) is 0. The largest absolute Gasteiger partial charge is 0.315 e. The van der Waals surface area contributed by atoms with Gasteiger partial charge in [-0.05, 0) is 19.4 Å². The van der Waals surface area contributed by atoms with E-state index in [9.17, 15) is 8.42 Å². The van der Waals surface area contributed by atoms with Gasteiger partial charge in [-0.3, -0.25) is 9.71 Å². The predicted octanol–water partition coefficient (Wildman–Crippen LogP) is -0.0297. The van der Waals surface area contributed by atoms with E-state index >= 15 is 0 Å². The van der Waals surface area contributed by atoms with Crippen LogP contribution in [0.3, 0.4) is 0 Å². The van der Waals surface area contributed by atoms with Crippen LogP contribution in [0.25, 0.3) is 0 Å². The van der Waals surface area contributed by atoms with E-state index < -0.39 is 10.0 Å². The van der Waals surface area contributed by atoms with Gasteiger partial charge in [0.2, 0.25) is 10.0 Å². The van der Waals surface area contributed by atoms with Gasteiger partial charge < -0.3 is 5.32 Å². The number of nitrogens with one attached hydrogen (secondary N) is 2. The molecule has 1 aromatic heterocycles. The van der Waals surface area contributed by atoms with Gasteiger partial charge in [0.15, 0.2) is 5.82 Å². The van der Waals surface area contributed by atoms with Crippen molar-refractivity contribution in [3.63, 3.8) is 0 Å². The maximum absolute atomic E-state index is 11.9. The Morgan fingerprint density at radius 3 is 2.94 bits per heavy atom. The third-order valence-corrected chi connectivity index (χ3v) is 4.27. The highest BCUT2D eigenvalue weighted by atomic mass is 32.2. The maximum Gasteiger partial charge on any atom is 0.238 e. The number of rotatable bonds is 3. The number of nitrogens with zero attached hydrogens (tertiary/aromatic N) is 2. The number of anilines is 1. The van der Waals surface area contributed by atoms with E-state index in [0.29, 0.717) is 13.0 Å². The van der Waals surface area contributed by atoms with Crippen molar-refractivity contribution in [3.8, 4) is 0 Å². The summed E-state index contributed by atoms with van der Waals surface area (Å²) in [7, 11) is -3.35. The van der Waals surface area contributed by atoms with Gasteiger partial charge in [0.25, 0.3) is 0 Å². The molecular weight excluding hydrogens is 228 g/mol. The van der Waals surface area contributed by atoms with E-state index in [1.807, 2.05) is 0 Å². The Labute approximate surface area is 94.6 Å². The van der Waals surface area contributed by atoms with E-state index in [2.05, 4.69) is 20.0 Å². The van der Waals surface area contributed by atoms with Crippen molar-refractivity contribution in [2.45, 2.75) is 18.1 Å². The lowest BCUT2D eigenvalue weighted by molar-refractivity contribution is 0.499. The first-order valence-electron chi connectivity index (χ1n) is 5.17. The quantitative estimate of drug-likeness (QED) is 0.777. The molecule has 0 radical (unpaired) electrons. The van der Waals surface area contributed by atoms with Crippen LogP contribution < -0.4 is 10.0 Å². The highest BCUT2D eigenvalue weighted by molar-refractivity contribution is 7.93. The number of aromatic nitrogens is 2. The van der Waals surface area contributed by atoms with Gasteiger partial charge in [-0.1, -0.05) is 0 Å². The summed E-state index contributed by atoms with van der Waals surface area (Å²) in [4.78, 5) is 7.69. The zero-order valence-corrected chi connectivity index (χ0v) is 9.57. The summed E-state index contributed by atoms with van der Waals surface area (Å²) >= 11 is 0. The number of hydrogen-bond donors (Lipinski definition) is 2. The molecule has 1 aliphatic rings. The van der Waals surface area contributed by atoms with Crippen molar-refractivity contribution in [1.82, 2.24) is 15.3 Å². The molecule has 2 N–H and O–H groups in total. The van der Waals surface area contributed by atoms with Crippen molar-refractivity contribution in [3.05, 3.63) is 18.6 Å². The minimum Gasteiger partial charge on any atom is -0.315 e. The molecule has 6 nitrogen and oxygen atoms in total. The molecule has 16 heavy (non-hydrogen) atoms. The lowest BCUT2D eigenvalue weighted by Gasteiger charge is -2.22. The van der Waals surface area contributed by atoms with E-state index in [0.717, 1.165) is 13.0 Å². The first kappa shape index (κ1) is 11.3. The molecule has 1 atom stereocenters. The second-order valence-electron chi connectivity index (χ2n) is 3.71. The predicted molar refractivity (Wildman–Crippen MR) is 60.5 cm³/mol. The minimum absolute atomic E-state index is 0.271. The summed E-state index contributed by atoms with van der Waals surface area (Å²) in [6, 6.07) is 0. The Morgan fingerprint density at radius 2 is 2.31 bits per heavy atom. The van der Waals surface area contributed by atoms with Crippen molar-refractivity contribution in [1.29, 1.82) is 0 Å². The highest BCUT2D eigenvalue weighted by Gasteiger charge is 2.27. The molecule has 0 spiro atoms. The molecular formula is C9H14N4O2S. The topological polar surface area (TPSA) is 84.0 Å². The molecule has 7 heteroatoms. The fraction of sp³-hybridized carbons (Fsp3) is 0.556. The van der Waals surface area contributed by atoms with Crippen LogP contribution in [0, 0.1) is 0 Å². The van der Waals surface area contributed by atoms with Crippen LogP contribution in [0.5, 0.6) is 0 Å². The first-order valence-corrected chi connectivity index (χ1v) is 6.71. The van der Waals surface area contributed by atoms with Crippen molar-refractivity contribution in [2.24, 2.45) is 0 Å². The van der Waals surface area contributed by atoms with Gasteiger partial charge in [-0.25, -0.2) is 13.4 Å². The van der Waals surface area contributed by atoms with Gasteiger partial charge in [0.05, 0.1) is 11.4 Å². The van der Waals surface area contributed by atoms with Crippen molar-refractivity contribution in [2.75, 3.05) is 17.8 Å². The molecule has 0 aliphatic carbocycles. The molecule has 1 aliphatic heterocycles. The smallest absolute Gasteiger partial charge is 0.238 e. The minimum atomic E-state index is -3.35. The molecule has 1 fully saturated rings. The third kappa shape index (κ3) is 2.67. The molecule has 0 saturated carbocycles. The Bertz CT molecular complexity index is 428. The second-order valence-corrected chi connectivity index (χ2v) is 5.67. The fourth-order valence-corrected chi connectivity index (χ4v) is 3.04. The Morgan fingerprint density at radius 1 is 1.44 bits per heavy atom. The summed E-state index contributed by atoms with van der Waals surface area (Å²) in [5, 5.41) is 2.69. The highest BCUT2D eigenvalue weighted by Crippen LogP contribution is 2.14. The Balaban J connectivity index is 2.08.